The van der Waals surface area contributed by atoms with Crippen LogP contribution in [0.4, 0.5) is 0 Å². The summed E-state index contributed by atoms with van der Waals surface area (Å²) in [7, 11) is 0. The maximum atomic E-state index is 12.5. The number of carbonyl (C=O) groups excluding carboxylic acids is 1. The highest BCUT2D eigenvalue weighted by atomic mass is 32.1. The number of thiocarbonyl (C=S) groups is 1. The van der Waals surface area contributed by atoms with Crippen LogP contribution in [0.1, 0.15) is 33.1 Å². The predicted octanol–water partition coefficient (Wildman–Crippen LogP) is 1.01. The number of piperazine rings is 1. The average molecular weight is 313 g/mol. The molecule has 5 nitrogen and oxygen atoms in total. The molecule has 0 aromatic heterocycles. The molecule has 3 atom stereocenters. The van der Waals surface area contributed by atoms with Crippen molar-refractivity contribution in [1.29, 1.82) is 0 Å². The van der Waals surface area contributed by atoms with Gasteiger partial charge in [-0.1, -0.05) is 32.5 Å². The average Bonchev–Trinajstić information content (AvgIpc) is 2.90. The monoisotopic (exact) mass is 313 g/mol. The Hall–Kier alpha value is -0.720. The van der Waals surface area contributed by atoms with E-state index >= 15 is 0 Å². The molecule has 6 heteroatoms. The third-order valence-electron chi connectivity index (χ3n) is 4.59. The van der Waals surface area contributed by atoms with Crippen molar-refractivity contribution >= 4 is 23.1 Å². The first-order chi connectivity index (χ1) is 10.0. The number of hydrogen-bond donors (Lipinski definition) is 1. The van der Waals surface area contributed by atoms with E-state index in [0.717, 1.165) is 45.4 Å². The highest BCUT2D eigenvalue weighted by Crippen LogP contribution is 2.23. The van der Waals surface area contributed by atoms with Crippen LogP contribution in [0.15, 0.2) is 0 Å². The summed E-state index contributed by atoms with van der Waals surface area (Å²) in [6, 6.07) is 0.170. The van der Waals surface area contributed by atoms with Crippen molar-refractivity contribution < 1.29 is 9.53 Å². The minimum Gasteiger partial charge on any atom is -0.392 e. The second-order valence-electron chi connectivity index (χ2n) is 6.13. The topological polar surface area (TPSA) is 58.8 Å². The zero-order chi connectivity index (χ0) is 15.4. The second-order valence-corrected chi connectivity index (χ2v) is 6.60. The molecule has 0 spiro atoms. The lowest BCUT2D eigenvalue weighted by Crippen LogP contribution is -2.56. The molecule has 2 N–H and O–H groups in total. The molecule has 21 heavy (non-hydrogen) atoms. The van der Waals surface area contributed by atoms with Crippen molar-refractivity contribution in [2.75, 3.05) is 32.8 Å². The molecule has 3 unspecified atom stereocenters. The van der Waals surface area contributed by atoms with Gasteiger partial charge in [-0.2, -0.15) is 0 Å². The molecule has 0 aliphatic carbocycles. The van der Waals surface area contributed by atoms with Crippen LogP contribution in [0.25, 0.3) is 0 Å². The number of nitrogens with zero attached hydrogens (tertiary/aromatic N) is 2. The minimum atomic E-state index is -0.237. The van der Waals surface area contributed by atoms with Gasteiger partial charge in [0.2, 0.25) is 0 Å². The Kier molecular flexibility index (Phi) is 5.96. The summed E-state index contributed by atoms with van der Waals surface area (Å²) < 4.78 is 5.59. The van der Waals surface area contributed by atoms with Crippen LogP contribution in [0, 0.1) is 5.92 Å². The normalized spacial score (nSPS) is 28.6. The zero-order valence-corrected chi connectivity index (χ0v) is 13.9. The van der Waals surface area contributed by atoms with E-state index in [9.17, 15) is 4.79 Å². The van der Waals surface area contributed by atoms with Gasteiger partial charge in [0.1, 0.15) is 6.10 Å². The molecule has 2 aliphatic heterocycles. The Labute approximate surface area is 132 Å². The number of nitrogens with two attached hydrogens (primary N) is 1. The van der Waals surface area contributed by atoms with E-state index in [4.69, 9.17) is 22.7 Å². The van der Waals surface area contributed by atoms with Crippen LogP contribution in [0.5, 0.6) is 0 Å². The maximum Gasteiger partial charge on any atom is 0.252 e. The number of rotatable bonds is 5. The van der Waals surface area contributed by atoms with Gasteiger partial charge >= 0.3 is 0 Å². The highest BCUT2D eigenvalue weighted by Gasteiger charge is 2.36. The van der Waals surface area contributed by atoms with E-state index in [1.54, 1.807) is 0 Å². The number of carbonyl (C=O) groups is 1. The second kappa shape index (κ2) is 7.51. The summed E-state index contributed by atoms with van der Waals surface area (Å²) in [5.74, 6) is 0.488. The molecule has 0 bridgehead atoms. The first-order valence-corrected chi connectivity index (χ1v) is 8.39. The summed E-state index contributed by atoms with van der Waals surface area (Å²) in [6.45, 7) is 8.11. The Morgan fingerprint density at radius 1 is 1.38 bits per heavy atom. The number of hydrogen-bond acceptors (Lipinski definition) is 4. The lowest BCUT2D eigenvalue weighted by Gasteiger charge is -2.39. The van der Waals surface area contributed by atoms with E-state index in [2.05, 4.69) is 18.7 Å². The van der Waals surface area contributed by atoms with Crippen LogP contribution in [0.3, 0.4) is 0 Å². The Morgan fingerprint density at radius 3 is 2.52 bits per heavy atom. The van der Waals surface area contributed by atoms with E-state index in [1.807, 2.05) is 4.90 Å². The summed E-state index contributed by atoms with van der Waals surface area (Å²) >= 11 is 5.18. The first kappa shape index (κ1) is 16.6. The van der Waals surface area contributed by atoms with Crippen LogP contribution in [-0.4, -0.2) is 65.6 Å². The predicted molar refractivity (Wildman–Crippen MR) is 87.2 cm³/mol. The molecular weight excluding hydrogens is 286 g/mol. The van der Waals surface area contributed by atoms with Gasteiger partial charge in [0.05, 0.1) is 11.0 Å². The number of ether oxygens (including phenoxy) is 1. The van der Waals surface area contributed by atoms with Gasteiger partial charge in [-0.15, -0.1) is 0 Å². The van der Waals surface area contributed by atoms with E-state index in [-0.39, 0.29) is 18.1 Å². The minimum absolute atomic E-state index is 0.155. The fraction of sp³-hybridized carbons (Fsp3) is 0.867. The Balaban J connectivity index is 1.87. The molecule has 2 fully saturated rings. The van der Waals surface area contributed by atoms with Gasteiger partial charge in [-0.05, 0) is 18.8 Å². The molecule has 2 aliphatic rings. The van der Waals surface area contributed by atoms with Gasteiger partial charge in [-0.25, -0.2) is 0 Å². The molecule has 2 saturated heterocycles. The number of amides is 1. The van der Waals surface area contributed by atoms with Crippen molar-refractivity contribution in [3.63, 3.8) is 0 Å². The highest BCUT2D eigenvalue weighted by molar-refractivity contribution is 7.80. The molecular formula is C15H27N3O2S. The van der Waals surface area contributed by atoms with E-state index < -0.39 is 0 Å². The van der Waals surface area contributed by atoms with Crippen molar-refractivity contribution in [3.05, 3.63) is 0 Å². The Morgan fingerprint density at radius 2 is 2.05 bits per heavy atom. The van der Waals surface area contributed by atoms with Gasteiger partial charge in [0.25, 0.3) is 5.91 Å². The van der Waals surface area contributed by atoms with Gasteiger partial charge in [0.15, 0.2) is 0 Å². The molecule has 0 saturated carbocycles. The van der Waals surface area contributed by atoms with Gasteiger partial charge in [-0.3, -0.25) is 9.69 Å². The standard InChI is InChI=1S/C15H27N3O2S/c1-3-4-12(14(16)21)17-6-8-18(9-7-17)15(19)13-11(2)5-10-20-13/h11-13H,3-10H2,1-2H3,(H2,16,21). The molecule has 1 amide bonds. The smallest absolute Gasteiger partial charge is 0.252 e. The van der Waals surface area contributed by atoms with E-state index in [1.165, 1.54) is 0 Å². The van der Waals surface area contributed by atoms with E-state index in [0.29, 0.717) is 17.5 Å². The van der Waals surface area contributed by atoms with Gasteiger partial charge < -0.3 is 15.4 Å². The molecule has 2 heterocycles. The zero-order valence-electron chi connectivity index (χ0n) is 13.1. The quantitative estimate of drug-likeness (QED) is 0.768. The fourth-order valence-corrected chi connectivity index (χ4v) is 3.49. The molecule has 0 aromatic rings. The summed E-state index contributed by atoms with van der Waals surface area (Å²) in [4.78, 5) is 17.3. The molecule has 2 rings (SSSR count). The van der Waals surface area contributed by atoms with Crippen molar-refractivity contribution in [2.24, 2.45) is 11.7 Å². The maximum absolute atomic E-state index is 12.5. The molecule has 120 valence electrons. The van der Waals surface area contributed by atoms with Crippen LogP contribution in [-0.2, 0) is 9.53 Å². The third-order valence-corrected chi connectivity index (χ3v) is 4.86. The first-order valence-electron chi connectivity index (χ1n) is 7.98. The third kappa shape index (κ3) is 3.93. The largest absolute Gasteiger partial charge is 0.392 e. The summed E-state index contributed by atoms with van der Waals surface area (Å²) in [5, 5.41) is 0. The summed E-state index contributed by atoms with van der Waals surface area (Å²) in [6.07, 6.45) is 2.80. The van der Waals surface area contributed by atoms with Crippen LogP contribution in [0.2, 0.25) is 0 Å². The fourth-order valence-electron chi connectivity index (χ4n) is 3.22. The van der Waals surface area contributed by atoms with Crippen molar-refractivity contribution in [1.82, 2.24) is 9.80 Å². The van der Waals surface area contributed by atoms with Crippen LogP contribution >= 0.6 is 12.2 Å². The lowest BCUT2D eigenvalue weighted by atomic mass is 10.0. The van der Waals surface area contributed by atoms with Gasteiger partial charge in [0, 0.05) is 32.8 Å². The molecule has 0 radical (unpaired) electrons. The SMILES string of the molecule is CCCC(C(N)=S)N1CCN(C(=O)C2OCCC2C)CC1. The summed E-state index contributed by atoms with van der Waals surface area (Å²) in [5.41, 5.74) is 5.86. The molecule has 0 aromatic carbocycles. The Bertz CT molecular complexity index is 383. The van der Waals surface area contributed by atoms with Crippen LogP contribution < -0.4 is 5.73 Å². The lowest BCUT2D eigenvalue weighted by molar-refractivity contribution is -0.144. The van der Waals surface area contributed by atoms with Crippen molar-refractivity contribution in [3.8, 4) is 0 Å². The van der Waals surface area contributed by atoms with Crippen molar-refractivity contribution in [2.45, 2.75) is 45.3 Å².